The van der Waals surface area contributed by atoms with E-state index in [0.29, 0.717) is 0 Å². The summed E-state index contributed by atoms with van der Waals surface area (Å²) in [5.74, 6) is -1.88. The number of aliphatic carboxylic acids is 2. The molecule has 0 radical (unpaired) electrons. The standard InChI is InChI=1S/2C18H34O3.2Na/c2*1-2-3-4-11-14-17(19)15-12-9-7-5-6-8-10-13-16-18(20)21;;/h2*9,12,17,19H,2-8,10-11,13-16H2,1H3,(H,20,21);;/q;;2*+1/p-2/b2*12-9-;;. The fourth-order valence-electron chi connectivity index (χ4n) is 4.72. The summed E-state index contributed by atoms with van der Waals surface area (Å²) in [6.07, 6.45) is 34.0. The van der Waals surface area contributed by atoms with E-state index in [1.165, 1.54) is 38.5 Å². The Morgan fingerprint density at radius 2 is 0.818 bits per heavy atom. The number of carboxylic acid groups (broad SMARTS) is 2. The molecule has 0 aliphatic heterocycles. The molecule has 6 nitrogen and oxygen atoms in total. The van der Waals surface area contributed by atoms with E-state index in [1.54, 1.807) is 0 Å². The molecule has 0 saturated carbocycles. The number of unbranched alkanes of at least 4 members (excludes halogenated alkanes) is 16. The Kier molecular flexibility index (Phi) is 50.4. The monoisotopic (exact) mass is 640 g/mol. The molecule has 0 rings (SSSR count). The first-order chi connectivity index (χ1) is 20.3. The number of hydrogen-bond donors (Lipinski definition) is 2. The number of aliphatic hydroxyl groups is 2. The van der Waals surface area contributed by atoms with E-state index < -0.39 is 11.9 Å². The minimum absolute atomic E-state index is 0. The van der Waals surface area contributed by atoms with Gasteiger partial charge in [-0.1, -0.05) is 128 Å². The summed E-state index contributed by atoms with van der Waals surface area (Å²) >= 11 is 0. The molecule has 0 aromatic carbocycles. The van der Waals surface area contributed by atoms with Gasteiger partial charge in [-0.05, 0) is 77.0 Å². The van der Waals surface area contributed by atoms with Gasteiger partial charge in [-0.25, -0.2) is 0 Å². The van der Waals surface area contributed by atoms with Crippen LogP contribution in [0.4, 0.5) is 0 Å². The molecular weight excluding hydrogens is 574 g/mol. The van der Waals surface area contributed by atoms with Gasteiger partial charge in [0.2, 0.25) is 0 Å². The maximum atomic E-state index is 10.2. The van der Waals surface area contributed by atoms with Crippen LogP contribution in [0.25, 0.3) is 0 Å². The van der Waals surface area contributed by atoms with Crippen molar-refractivity contribution < 1.29 is 89.1 Å². The molecular formula is C36H66Na2O6. The Bertz CT molecular complexity index is 588. The fraction of sp³-hybridized carbons (Fsp3) is 0.833. The predicted octanol–water partition coefficient (Wildman–Crippen LogP) is 1.50. The number of aliphatic hydroxyl groups excluding tert-OH is 2. The Hall–Kier alpha value is 0.340. The van der Waals surface area contributed by atoms with E-state index in [0.717, 1.165) is 116 Å². The summed E-state index contributed by atoms with van der Waals surface area (Å²) in [5, 5.41) is 40.0. The molecule has 0 saturated heterocycles. The smallest absolute Gasteiger partial charge is 0.550 e. The molecule has 8 heteroatoms. The van der Waals surface area contributed by atoms with Crippen LogP contribution < -0.4 is 69.3 Å². The first-order valence-electron chi connectivity index (χ1n) is 17.4. The fourth-order valence-corrected chi connectivity index (χ4v) is 4.72. The van der Waals surface area contributed by atoms with Gasteiger partial charge in [0.1, 0.15) is 0 Å². The number of hydrogen-bond acceptors (Lipinski definition) is 6. The van der Waals surface area contributed by atoms with Gasteiger partial charge in [0.05, 0.1) is 12.2 Å². The Balaban J connectivity index is -0.000000348. The Morgan fingerprint density at radius 1 is 0.500 bits per heavy atom. The molecule has 2 atom stereocenters. The first kappa shape index (κ1) is 51.2. The molecule has 0 heterocycles. The molecule has 0 aromatic heterocycles. The van der Waals surface area contributed by atoms with Crippen molar-refractivity contribution in [3.8, 4) is 0 Å². The SMILES string of the molecule is CCCCCCC(O)C/C=C\CCCCCCCC(=O)[O-].CCCCCCC(O)C/C=C\CCCCCCCC(=O)[O-].[Na+].[Na+]. The van der Waals surface area contributed by atoms with Crippen molar-refractivity contribution in [3.63, 3.8) is 0 Å². The molecule has 0 aliphatic carbocycles. The Morgan fingerprint density at radius 3 is 1.16 bits per heavy atom. The maximum Gasteiger partial charge on any atom is 1.00 e. The molecule has 0 amide bonds. The van der Waals surface area contributed by atoms with Crippen LogP contribution in [0.5, 0.6) is 0 Å². The average Bonchev–Trinajstić information content (AvgIpc) is 2.95. The molecule has 0 spiro atoms. The van der Waals surface area contributed by atoms with Crippen LogP contribution in [0.3, 0.4) is 0 Å². The maximum absolute atomic E-state index is 10.2. The zero-order valence-electron chi connectivity index (χ0n) is 29.4. The predicted molar refractivity (Wildman–Crippen MR) is 172 cm³/mol. The second-order valence-electron chi connectivity index (χ2n) is 11.8. The molecule has 2 unspecified atom stereocenters. The van der Waals surface area contributed by atoms with E-state index in [1.807, 2.05) is 0 Å². The van der Waals surface area contributed by atoms with Crippen molar-refractivity contribution in [3.05, 3.63) is 24.3 Å². The van der Waals surface area contributed by atoms with E-state index in [-0.39, 0.29) is 84.2 Å². The summed E-state index contributed by atoms with van der Waals surface area (Å²) in [6, 6.07) is 0. The van der Waals surface area contributed by atoms with Crippen molar-refractivity contribution in [2.75, 3.05) is 0 Å². The van der Waals surface area contributed by atoms with Crippen molar-refractivity contribution in [1.82, 2.24) is 0 Å². The van der Waals surface area contributed by atoms with Crippen molar-refractivity contribution >= 4 is 11.9 Å². The van der Waals surface area contributed by atoms with Crippen molar-refractivity contribution in [1.29, 1.82) is 0 Å². The number of carbonyl (C=O) groups is 2. The summed E-state index contributed by atoms with van der Waals surface area (Å²) in [7, 11) is 0. The first-order valence-corrected chi connectivity index (χ1v) is 17.4. The second-order valence-corrected chi connectivity index (χ2v) is 11.8. The van der Waals surface area contributed by atoms with Gasteiger partial charge in [-0.15, -0.1) is 0 Å². The van der Waals surface area contributed by atoms with Gasteiger partial charge in [0, 0.05) is 11.9 Å². The van der Waals surface area contributed by atoms with E-state index in [9.17, 15) is 30.0 Å². The van der Waals surface area contributed by atoms with Crippen LogP contribution in [0, 0.1) is 0 Å². The van der Waals surface area contributed by atoms with Crippen LogP contribution in [-0.4, -0.2) is 34.4 Å². The largest absolute Gasteiger partial charge is 1.00 e. The minimum atomic E-state index is -0.939. The molecule has 0 fully saturated rings. The number of rotatable bonds is 30. The molecule has 2 N–H and O–H groups in total. The van der Waals surface area contributed by atoms with Crippen LogP contribution in [0.1, 0.15) is 181 Å². The van der Waals surface area contributed by atoms with Gasteiger partial charge in [0.25, 0.3) is 0 Å². The zero-order valence-corrected chi connectivity index (χ0v) is 33.4. The van der Waals surface area contributed by atoms with Crippen LogP contribution in [0.2, 0.25) is 0 Å². The topological polar surface area (TPSA) is 121 Å². The van der Waals surface area contributed by atoms with Crippen LogP contribution in [-0.2, 0) is 9.59 Å². The molecule has 0 aliphatic rings. The zero-order chi connectivity index (χ0) is 31.5. The third kappa shape index (κ3) is 49.2. The number of allylic oxidation sites excluding steroid dienone is 2. The van der Waals surface area contributed by atoms with E-state index in [2.05, 4.69) is 38.2 Å². The second kappa shape index (κ2) is 43.3. The van der Waals surface area contributed by atoms with Gasteiger partial charge >= 0.3 is 59.1 Å². The summed E-state index contributed by atoms with van der Waals surface area (Å²) in [4.78, 5) is 20.4. The van der Waals surface area contributed by atoms with Crippen LogP contribution >= 0.6 is 0 Å². The summed E-state index contributed by atoms with van der Waals surface area (Å²) in [6.45, 7) is 4.39. The minimum Gasteiger partial charge on any atom is -0.550 e. The number of carboxylic acids is 2. The summed E-state index contributed by atoms with van der Waals surface area (Å²) in [5.41, 5.74) is 0. The molecule has 0 aromatic rings. The quantitative estimate of drug-likeness (QED) is 0.0698. The average molecular weight is 641 g/mol. The molecule has 0 bridgehead atoms. The van der Waals surface area contributed by atoms with Crippen LogP contribution in [0.15, 0.2) is 24.3 Å². The van der Waals surface area contributed by atoms with Gasteiger partial charge in [0.15, 0.2) is 0 Å². The van der Waals surface area contributed by atoms with E-state index in [4.69, 9.17) is 0 Å². The normalized spacial score (nSPS) is 12.3. The molecule has 248 valence electrons. The van der Waals surface area contributed by atoms with Gasteiger partial charge in [-0.2, -0.15) is 0 Å². The summed E-state index contributed by atoms with van der Waals surface area (Å²) < 4.78 is 0. The van der Waals surface area contributed by atoms with Gasteiger partial charge in [-0.3, -0.25) is 0 Å². The van der Waals surface area contributed by atoms with Crippen molar-refractivity contribution in [2.45, 2.75) is 193 Å². The Labute approximate surface area is 315 Å². The third-order valence-electron chi connectivity index (χ3n) is 7.43. The van der Waals surface area contributed by atoms with E-state index >= 15 is 0 Å². The van der Waals surface area contributed by atoms with Crippen molar-refractivity contribution in [2.24, 2.45) is 0 Å². The van der Waals surface area contributed by atoms with Gasteiger partial charge < -0.3 is 30.0 Å². The third-order valence-corrected chi connectivity index (χ3v) is 7.43. The number of carbonyl (C=O) groups excluding carboxylic acids is 2. The molecule has 44 heavy (non-hydrogen) atoms.